The molecule has 14 heteroatoms. The number of ether oxygens (including phenoxy) is 1. The Balaban J connectivity index is 1.55. The minimum atomic E-state index is -0.964. The van der Waals surface area contributed by atoms with E-state index in [-0.39, 0.29) is 34.2 Å². The standard InChI is InChI=1S/C30H38F2N6O5S/c1-29(2,3)38(28(41)42)18-10-7-9-16(13-18)22-17(15-34-37-22)14-33-24(39)23-26(36-27(40)43-30(4,5)6)44-25(35-23)21-19(31)11-8-12-20(21)32/h8,11-12,15-16,18H,7,9-10,13-14H2,1-6H3,(H,33,39)(H,34,37)(H,36,40)(H,41,42). The molecule has 1 aliphatic carbocycles. The topological polar surface area (TPSA) is 150 Å². The molecule has 2 unspecified atom stereocenters. The summed E-state index contributed by atoms with van der Waals surface area (Å²) in [5.41, 5.74) is -0.539. The number of aromatic nitrogens is 3. The third-order valence-electron chi connectivity index (χ3n) is 7.17. The van der Waals surface area contributed by atoms with Crippen molar-refractivity contribution in [1.82, 2.24) is 25.4 Å². The second-order valence-corrected chi connectivity index (χ2v) is 13.8. The zero-order valence-electron chi connectivity index (χ0n) is 25.6. The van der Waals surface area contributed by atoms with Crippen LogP contribution in [0.3, 0.4) is 0 Å². The number of amides is 3. The Morgan fingerprint density at radius 3 is 2.43 bits per heavy atom. The number of halogens is 2. The molecule has 0 saturated heterocycles. The first-order valence-electron chi connectivity index (χ1n) is 14.3. The lowest BCUT2D eigenvalue weighted by molar-refractivity contribution is 0.0531. The van der Waals surface area contributed by atoms with Gasteiger partial charge in [0, 0.05) is 35.3 Å². The van der Waals surface area contributed by atoms with Gasteiger partial charge in [-0.15, -0.1) is 0 Å². The summed E-state index contributed by atoms with van der Waals surface area (Å²) in [6.45, 7) is 10.7. The highest BCUT2D eigenvalue weighted by Crippen LogP contribution is 2.38. The summed E-state index contributed by atoms with van der Waals surface area (Å²) >= 11 is 0.745. The minimum Gasteiger partial charge on any atom is -0.465 e. The Labute approximate surface area is 258 Å². The van der Waals surface area contributed by atoms with Crippen LogP contribution in [0.4, 0.5) is 23.4 Å². The summed E-state index contributed by atoms with van der Waals surface area (Å²) < 4.78 is 34.4. The Bertz CT molecular complexity index is 1510. The summed E-state index contributed by atoms with van der Waals surface area (Å²) in [7, 11) is 0. The second-order valence-electron chi connectivity index (χ2n) is 12.8. The minimum absolute atomic E-state index is 0.00773. The summed E-state index contributed by atoms with van der Waals surface area (Å²) in [5.74, 6) is -2.42. The molecule has 3 amide bonds. The fourth-order valence-electron chi connectivity index (χ4n) is 5.49. The van der Waals surface area contributed by atoms with E-state index in [1.54, 1.807) is 27.0 Å². The first-order valence-corrected chi connectivity index (χ1v) is 15.1. The summed E-state index contributed by atoms with van der Waals surface area (Å²) in [5, 5.41) is 22.2. The molecular weight excluding hydrogens is 594 g/mol. The van der Waals surface area contributed by atoms with Crippen molar-refractivity contribution in [3.05, 3.63) is 53.0 Å². The Kier molecular flexibility index (Phi) is 9.62. The molecule has 44 heavy (non-hydrogen) atoms. The van der Waals surface area contributed by atoms with E-state index in [2.05, 4.69) is 25.8 Å². The number of carbonyl (C=O) groups is 3. The van der Waals surface area contributed by atoms with Crippen molar-refractivity contribution in [2.45, 2.75) is 96.9 Å². The average Bonchev–Trinajstić information content (AvgIpc) is 3.52. The fourth-order valence-corrected chi connectivity index (χ4v) is 6.49. The van der Waals surface area contributed by atoms with Crippen LogP contribution in [0.25, 0.3) is 10.6 Å². The number of anilines is 1. The number of nitrogens with zero attached hydrogens (tertiary/aromatic N) is 3. The van der Waals surface area contributed by atoms with Gasteiger partial charge in [0.05, 0.1) is 11.8 Å². The molecule has 4 N–H and O–H groups in total. The van der Waals surface area contributed by atoms with E-state index < -0.39 is 46.4 Å². The van der Waals surface area contributed by atoms with Gasteiger partial charge in [0.25, 0.3) is 5.91 Å². The van der Waals surface area contributed by atoms with Crippen LogP contribution < -0.4 is 10.6 Å². The average molecular weight is 633 g/mol. The van der Waals surface area contributed by atoms with Crippen LogP contribution in [0, 0.1) is 11.6 Å². The SMILES string of the molecule is CC(C)(C)OC(=O)Nc1sc(-c2c(F)cccc2F)nc1C(=O)NCc1cn[nH]c1C1CCCC(N(C(=O)O)C(C)(C)C)C1. The zero-order valence-corrected chi connectivity index (χ0v) is 26.4. The van der Waals surface area contributed by atoms with Gasteiger partial charge in [-0.25, -0.2) is 23.4 Å². The number of aromatic amines is 1. The number of hydrogen-bond donors (Lipinski definition) is 4. The molecule has 11 nitrogen and oxygen atoms in total. The highest BCUT2D eigenvalue weighted by molar-refractivity contribution is 7.19. The van der Waals surface area contributed by atoms with E-state index in [0.29, 0.717) is 12.0 Å². The van der Waals surface area contributed by atoms with Crippen LogP contribution in [0.5, 0.6) is 0 Å². The summed E-state index contributed by atoms with van der Waals surface area (Å²) in [6, 6.07) is 3.20. The lowest BCUT2D eigenvalue weighted by atomic mass is 9.81. The van der Waals surface area contributed by atoms with Crippen LogP contribution in [0.15, 0.2) is 24.4 Å². The number of hydrogen-bond acceptors (Lipinski definition) is 7. The number of rotatable bonds is 7. The van der Waals surface area contributed by atoms with Gasteiger partial charge in [0.1, 0.15) is 27.2 Å². The predicted octanol–water partition coefficient (Wildman–Crippen LogP) is 6.89. The molecule has 3 aromatic rings. The maximum atomic E-state index is 14.6. The number of carboxylic acid groups (broad SMARTS) is 1. The van der Waals surface area contributed by atoms with E-state index >= 15 is 0 Å². The van der Waals surface area contributed by atoms with E-state index in [9.17, 15) is 28.3 Å². The Morgan fingerprint density at radius 2 is 1.82 bits per heavy atom. The number of thiazole rings is 1. The smallest absolute Gasteiger partial charge is 0.412 e. The van der Waals surface area contributed by atoms with Crippen molar-refractivity contribution in [2.24, 2.45) is 0 Å². The first kappa shape index (κ1) is 32.8. The van der Waals surface area contributed by atoms with Gasteiger partial charge >= 0.3 is 12.2 Å². The molecule has 1 saturated carbocycles. The number of nitrogens with one attached hydrogen (secondary N) is 3. The number of H-pyrrole nitrogens is 1. The maximum absolute atomic E-state index is 14.6. The van der Waals surface area contributed by atoms with Gasteiger partial charge in [-0.3, -0.25) is 15.2 Å². The van der Waals surface area contributed by atoms with Gasteiger partial charge in [0.15, 0.2) is 5.69 Å². The van der Waals surface area contributed by atoms with Crippen LogP contribution in [0.2, 0.25) is 0 Å². The van der Waals surface area contributed by atoms with Gasteiger partial charge in [0.2, 0.25) is 0 Å². The lowest BCUT2D eigenvalue weighted by Gasteiger charge is -2.43. The maximum Gasteiger partial charge on any atom is 0.412 e. The molecule has 1 aromatic carbocycles. The Morgan fingerprint density at radius 1 is 1.14 bits per heavy atom. The lowest BCUT2D eigenvalue weighted by Crippen LogP contribution is -2.52. The van der Waals surface area contributed by atoms with E-state index in [4.69, 9.17) is 4.74 Å². The zero-order chi connectivity index (χ0) is 32.4. The molecule has 1 aliphatic rings. The van der Waals surface area contributed by atoms with Crippen LogP contribution >= 0.6 is 11.3 Å². The largest absolute Gasteiger partial charge is 0.465 e. The molecule has 2 atom stereocenters. The van der Waals surface area contributed by atoms with E-state index in [1.807, 2.05) is 20.8 Å². The second kappa shape index (κ2) is 12.9. The molecule has 0 bridgehead atoms. The highest BCUT2D eigenvalue weighted by Gasteiger charge is 2.37. The molecule has 2 aromatic heterocycles. The first-order chi connectivity index (χ1) is 20.5. The van der Waals surface area contributed by atoms with Crippen LogP contribution in [0.1, 0.15) is 94.9 Å². The molecule has 238 valence electrons. The van der Waals surface area contributed by atoms with Crippen molar-refractivity contribution >= 4 is 34.4 Å². The number of carbonyl (C=O) groups excluding carboxylic acids is 2. The molecule has 4 rings (SSSR count). The van der Waals surface area contributed by atoms with Crippen LogP contribution in [-0.4, -0.2) is 60.5 Å². The molecule has 0 spiro atoms. The third kappa shape index (κ3) is 7.71. The normalized spacial score (nSPS) is 17.2. The molecule has 0 radical (unpaired) electrons. The van der Waals surface area contributed by atoms with Crippen LogP contribution in [-0.2, 0) is 11.3 Å². The van der Waals surface area contributed by atoms with Gasteiger partial charge in [-0.2, -0.15) is 5.10 Å². The van der Waals surface area contributed by atoms with E-state index in [0.717, 1.165) is 48.4 Å². The third-order valence-corrected chi connectivity index (χ3v) is 8.16. The molecule has 0 aliphatic heterocycles. The van der Waals surface area contributed by atoms with E-state index in [1.165, 1.54) is 11.0 Å². The highest BCUT2D eigenvalue weighted by atomic mass is 32.1. The summed E-state index contributed by atoms with van der Waals surface area (Å²) in [6.07, 6.45) is 2.78. The van der Waals surface area contributed by atoms with Crippen molar-refractivity contribution < 1.29 is 33.0 Å². The predicted molar refractivity (Wildman–Crippen MR) is 162 cm³/mol. The Hall–Kier alpha value is -4.07. The van der Waals surface area contributed by atoms with Gasteiger partial charge in [-0.1, -0.05) is 23.8 Å². The monoisotopic (exact) mass is 632 g/mol. The van der Waals surface area contributed by atoms with Crippen molar-refractivity contribution in [1.29, 1.82) is 0 Å². The summed E-state index contributed by atoms with van der Waals surface area (Å²) in [4.78, 5) is 43.7. The van der Waals surface area contributed by atoms with Crippen molar-refractivity contribution in [3.8, 4) is 10.6 Å². The molecule has 2 heterocycles. The van der Waals surface area contributed by atoms with Crippen molar-refractivity contribution in [3.63, 3.8) is 0 Å². The number of benzene rings is 1. The fraction of sp³-hybridized carbons (Fsp3) is 0.500. The quantitative estimate of drug-likeness (QED) is 0.221. The van der Waals surface area contributed by atoms with Gasteiger partial charge in [-0.05, 0) is 72.9 Å². The van der Waals surface area contributed by atoms with Crippen molar-refractivity contribution in [2.75, 3.05) is 5.32 Å². The molecular formula is C30H38F2N6O5S. The molecule has 1 fully saturated rings. The van der Waals surface area contributed by atoms with Gasteiger partial charge < -0.3 is 20.1 Å².